The lowest BCUT2D eigenvalue weighted by molar-refractivity contribution is -0.141. The minimum atomic E-state index is -4.62. The molecule has 0 aliphatic heterocycles. The van der Waals surface area contributed by atoms with Gasteiger partial charge >= 0.3 is 6.18 Å². The van der Waals surface area contributed by atoms with Crippen LogP contribution in [0.1, 0.15) is 29.3 Å². The van der Waals surface area contributed by atoms with E-state index in [4.69, 9.17) is 5.26 Å². The molecule has 0 atom stereocenters. The van der Waals surface area contributed by atoms with Crippen LogP contribution in [0.2, 0.25) is 0 Å². The van der Waals surface area contributed by atoms with Crippen LogP contribution in [0.15, 0.2) is 30.3 Å². The number of nitrogens with one attached hydrogen (secondary N) is 3. The predicted octanol–water partition coefficient (Wildman–Crippen LogP) is 3.24. The molecule has 0 aliphatic rings. The predicted molar refractivity (Wildman–Crippen MR) is 114 cm³/mol. The van der Waals surface area contributed by atoms with Gasteiger partial charge in [0.2, 0.25) is 15.9 Å². The number of anilines is 2. The highest BCUT2D eigenvalue weighted by molar-refractivity contribution is 7.92. The zero-order valence-electron chi connectivity index (χ0n) is 17.4. The maximum atomic E-state index is 14.3. The van der Waals surface area contributed by atoms with Crippen LogP contribution in [0.4, 0.5) is 29.1 Å². The molecule has 33 heavy (non-hydrogen) atoms. The van der Waals surface area contributed by atoms with Crippen LogP contribution in [-0.2, 0) is 27.5 Å². The van der Waals surface area contributed by atoms with Crippen molar-refractivity contribution < 1.29 is 30.8 Å². The first-order valence-corrected chi connectivity index (χ1v) is 11.2. The lowest BCUT2D eigenvalue weighted by Gasteiger charge is -2.11. The number of hydrogen-bond donors (Lipinski definition) is 3. The Labute approximate surface area is 187 Å². The van der Waals surface area contributed by atoms with Crippen LogP contribution < -0.4 is 15.4 Å². The fourth-order valence-electron chi connectivity index (χ4n) is 2.63. The topological polar surface area (TPSA) is 124 Å². The molecule has 0 spiro atoms. The van der Waals surface area contributed by atoms with Crippen LogP contribution in [-0.4, -0.2) is 32.1 Å². The van der Waals surface area contributed by atoms with E-state index in [1.54, 1.807) is 13.0 Å². The van der Waals surface area contributed by atoms with Crippen molar-refractivity contribution in [3.63, 3.8) is 0 Å². The van der Waals surface area contributed by atoms with E-state index in [0.29, 0.717) is 6.54 Å². The molecule has 0 fully saturated rings. The molecule has 1 aromatic carbocycles. The van der Waals surface area contributed by atoms with Crippen molar-refractivity contribution in [2.45, 2.75) is 19.6 Å². The minimum absolute atomic E-state index is 0.0499. The largest absolute Gasteiger partial charge is 0.433 e. The number of sulfonamides is 1. The van der Waals surface area contributed by atoms with Crippen molar-refractivity contribution in [3.05, 3.63) is 58.5 Å². The van der Waals surface area contributed by atoms with Crippen molar-refractivity contribution >= 4 is 33.5 Å². The van der Waals surface area contributed by atoms with Gasteiger partial charge in [0.05, 0.1) is 11.8 Å². The van der Waals surface area contributed by atoms with Crippen LogP contribution in [0.3, 0.4) is 0 Å². The van der Waals surface area contributed by atoms with Crippen molar-refractivity contribution in [2.24, 2.45) is 0 Å². The summed E-state index contributed by atoms with van der Waals surface area (Å²) in [5.74, 6) is -1.69. The van der Waals surface area contributed by atoms with Gasteiger partial charge < -0.3 is 10.6 Å². The molecule has 176 valence electrons. The van der Waals surface area contributed by atoms with Crippen molar-refractivity contribution in [2.75, 3.05) is 22.8 Å². The fourth-order valence-corrected chi connectivity index (χ4v) is 3.21. The van der Waals surface area contributed by atoms with E-state index in [-0.39, 0.29) is 29.1 Å². The molecule has 0 radical (unpaired) electrons. The third kappa shape index (κ3) is 7.46. The number of nitriles is 1. The molecule has 13 heteroatoms. The summed E-state index contributed by atoms with van der Waals surface area (Å²) in [7, 11) is -3.82. The van der Waals surface area contributed by atoms with E-state index in [2.05, 4.69) is 15.6 Å². The van der Waals surface area contributed by atoms with E-state index in [0.717, 1.165) is 24.5 Å². The zero-order chi connectivity index (χ0) is 24.8. The Morgan fingerprint density at radius 1 is 1.27 bits per heavy atom. The molecule has 1 heterocycles. The van der Waals surface area contributed by atoms with Gasteiger partial charge in [-0.2, -0.15) is 18.4 Å². The summed E-state index contributed by atoms with van der Waals surface area (Å²) in [5, 5.41) is 14.3. The summed E-state index contributed by atoms with van der Waals surface area (Å²) in [6.07, 6.45) is -1.48. The van der Waals surface area contributed by atoms with Gasteiger partial charge in [0.25, 0.3) is 0 Å². The number of carbonyl (C=O) groups excluding carboxylic acids is 1. The highest BCUT2D eigenvalue weighted by atomic mass is 32.2. The number of rotatable bonds is 8. The quantitative estimate of drug-likeness (QED) is 0.390. The Hall–Kier alpha value is -3.66. The third-order valence-electron chi connectivity index (χ3n) is 4.00. The second-order valence-corrected chi connectivity index (χ2v) is 8.45. The number of nitrogens with zero attached hydrogens (tertiary/aromatic N) is 2. The van der Waals surface area contributed by atoms with Crippen molar-refractivity contribution in [1.82, 2.24) is 10.3 Å². The van der Waals surface area contributed by atoms with Gasteiger partial charge in [-0.3, -0.25) is 9.52 Å². The molecule has 2 aromatic rings. The average Bonchev–Trinajstić information content (AvgIpc) is 2.71. The van der Waals surface area contributed by atoms with Crippen LogP contribution in [0, 0.1) is 17.1 Å². The summed E-state index contributed by atoms with van der Waals surface area (Å²) < 4.78 is 77.4. The van der Waals surface area contributed by atoms with Gasteiger partial charge in [0.1, 0.15) is 29.1 Å². The second-order valence-electron chi connectivity index (χ2n) is 6.70. The van der Waals surface area contributed by atoms with E-state index >= 15 is 0 Å². The van der Waals surface area contributed by atoms with E-state index in [1.807, 2.05) is 4.72 Å². The Morgan fingerprint density at radius 2 is 1.97 bits per heavy atom. The summed E-state index contributed by atoms with van der Waals surface area (Å²) in [4.78, 5) is 15.6. The van der Waals surface area contributed by atoms with Gasteiger partial charge in [0.15, 0.2) is 0 Å². The molecular formula is C20H19F4N5O3S. The number of benzene rings is 1. The number of aromatic nitrogens is 1. The van der Waals surface area contributed by atoms with E-state index in [1.165, 1.54) is 18.2 Å². The first kappa shape index (κ1) is 25.6. The molecule has 1 aromatic heterocycles. The Balaban J connectivity index is 2.15. The SMILES string of the molecule is CCNc1nc(C(F)(F)F)ccc1/C=C/C(=O)NCc1cc(F)c(NS(C)(=O)=O)c(C#N)c1. The third-order valence-corrected chi connectivity index (χ3v) is 4.57. The Bertz CT molecular complexity index is 1220. The summed E-state index contributed by atoms with van der Waals surface area (Å²) in [6.45, 7) is 1.78. The first-order valence-electron chi connectivity index (χ1n) is 9.32. The average molecular weight is 485 g/mol. The van der Waals surface area contributed by atoms with E-state index < -0.39 is 39.3 Å². The van der Waals surface area contributed by atoms with Crippen molar-refractivity contribution in [3.8, 4) is 6.07 Å². The smallest absolute Gasteiger partial charge is 0.370 e. The number of carbonyl (C=O) groups is 1. The number of pyridine rings is 1. The molecule has 2 rings (SSSR count). The molecular weight excluding hydrogens is 466 g/mol. The second kappa shape index (κ2) is 10.3. The summed E-state index contributed by atoms with van der Waals surface area (Å²) >= 11 is 0. The molecule has 0 saturated carbocycles. The summed E-state index contributed by atoms with van der Waals surface area (Å²) in [6, 6.07) is 5.81. The Kier molecular flexibility index (Phi) is 7.99. The number of alkyl halides is 3. The highest BCUT2D eigenvalue weighted by Crippen LogP contribution is 2.30. The fraction of sp³-hybridized carbons (Fsp3) is 0.250. The molecule has 0 unspecified atom stereocenters. The van der Waals surface area contributed by atoms with Crippen LogP contribution in [0.5, 0.6) is 0 Å². The molecule has 1 amide bonds. The van der Waals surface area contributed by atoms with Gasteiger partial charge in [-0.05, 0) is 42.8 Å². The Morgan fingerprint density at radius 3 is 2.55 bits per heavy atom. The minimum Gasteiger partial charge on any atom is -0.370 e. The highest BCUT2D eigenvalue weighted by Gasteiger charge is 2.32. The zero-order valence-corrected chi connectivity index (χ0v) is 18.2. The number of amides is 1. The van der Waals surface area contributed by atoms with Crippen LogP contribution >= 0.6 is 0 Å². The van der Waals surface area contributed by atoms with Gasteiger partial charge in [-0.25, -0.2) is 17.8 Å². The lowest BCUT2D eigenvalue weighted by atomic mass is 10.1. The standard InChI is InChI=1S/C20H19F4N5O3S/c1-3-26-19-13(4-6-16(28-19)20(22,23)24)5-7-17(30)27-11-12-8-14(10-25)18(15(21)9-12)29-33(2,31)32/h4-9,29H,3,11H2,1-2H3,(H,26,28)(H,27,30)/b7-5+. The van der Waals surface area contributed by atoms with Gasteiger partial charge in [0, 0.05) is 24.7 Å². The molecule has 0 aliphatic carbocycles. The van der Waals surface area contributed by atoms with Gasteiger partial charge in [-0.1, -0.05) is 0 Å². The molecule has 8 nitrogen and oxygen atoms in total. The first-order chi connectivity index (χ1) is 15.3. The molecule has 0 saturated heterocycles. The lowest BCUT2D eigenvalue weighted by Crippen LogP contribution is -2.21. The molecule has 0 bridgehead atoms. The van der Waals surface area contributed by atoms with Crippen LogP contribution in [0.25, 0.3) is 6.08 Å². The normalized spacial score (nSPS) is 11.8. The summed E-state index contributed by atoms with van der Waals surface area (Å²) in [5.41, 5.74) is -1.42. The van der Waals surface area contributed by atoms with Crippen molar-refractivity contribution in [1.29, 1.82) is 5.26 Å². The monoisotopic (exact) mass is 485 g/mol. The maximum Gasteiger partial charge on any atom is 0.433 e. The molecule has 3 N–H and O–H groups in total. The number of halogens is 4. The maximum absolute atomic E-state index is 14.3. The number of hydrogen-bond acceptors (Lipinski definition) is 6. The van der Waals surface area contributed by atoms with E-state index in [9.17, 15) is 30.8 Å². The van der Waals surface area contributed by atoms with Gasteiger partial charge in [-0.15, -0.1) is 0 Å².